The predicted octanol–water partition coefficient (Wildman–Crippen LogP) is 2.29. The van der Waals surface area contributed by atoms with E-state index in [2.05, 4.69) is 29.6 Å². The molecule has 3 nitrogen and oxygen atoms in total. The minimum atomic E-state index is 0.792. The van der Waals surface area contributed by atoms with Crippen LogP contribution in [0.3, 0.4) is 0 Å². The second-order valence-corrected chi connectivity index (χ2v) is 5.22. The molecule has 0 atom stereocenters. The normalized spacial score (nSPS) is 19.1. The molecule has 1 saturated heterocycles. The summed E-state index contributed by atoms with van der Waals surface area (Å²) in [6.07, 6.45) is 7.72. The van der Waals surface area contributed by atoms with Crippen LogP contribution >= 0.6 is 12.6 Å². The minimum absolute atomic E-state index is 0.792. The molecular formula is C12H21N3S. The zero-order chi connectivity index (χ0) is 11.4. The van der Waals surface area contributed by atoms with Crippen molar-refractivity contribution in [2.45, 2.75) is 37.6 Å². The van der Waals surface area contributed by atoms with Crippen LogP contribution in [0.4, 0.5) is 0 Å². The van der Waals surface area contributed by atoms with Crippen molar-refractivity contribution >= 4 is 12.6 Å². The van der Waals surface area contributed by atoms with Gasteiger partial charge in [0.25, 0.3) is 0 Å². The number of aromatic nitrogens is 2. The molecule has 2 heterocycles. The number of rotatable bonds is 4. The average molecular weight is 239 g/mol. The second-order valence-electron chi connectivity index (χ2n) is 4.71. The SMILES string of the molecule is CCCN1CCC(Cn2cc(S)cn2)CC1. The first-order valence-electron chi connectivity index (χ1n) is 6.21. The standard InChI is InChI=1S/C12H21N3S/c1-2-5-14-6-3-11(4-7-14)9-15-10-12(16)8-13-15/h8,10-11,16H,2-7,9H2,1H3. The van der Waals surface area contributed by atoms with Gasteiger partial charge >= 0.3 is 0 Å². The van der Waals surface area contributed by atoms with Crippen LogP contribution in [-0.4, -0.2) is 34.3 Å². The van der Waals surface area contributed by atoms with Gasteiger partial charge in [-0.05, 0) is 44.8 Å². The Morgan fingerprint density at radius 1 is 1.44 bits per heavy atom. The van der Waals surface area contributed by atoms with E-state index in [1.807, 2.05) is 17.1 Å². The molecule has 0 spiro atoms. The van der Waals surface area contributed by atoms with E-state index in [0.29, 0.717) is 0 Å². The molecular weight excluding hydrogens is 218 g/mol. The lowest BCUT2D eigenvalue weighted by Crippen LogP contribution is -2.35. The van der Waals surface area contributed by atoms with E-state index in [1.165, 1.54) is 38.9 Å². The Hall–Kier alpha value is -0.480. The van der Waals surface area contributed by atoms with Gasteiger partial charge in [-0.25, -0.2) is 0 Å². The minimum Gasteiger partial charge on any atom is -0.303 e. The van der Waals surface area contributed by atoms with Crippen molar-refractivity contribution in [2.75, 3.05) is 19.6 Å². The Morgan fingerprint density at radius 3 is 2.75 bits per heavy atom. The van der Waals surface area contributed by atoms with E-state index >= 15 is 0 Å². The largest absolute Gasteiger partial charge is 0.303 e. The van der Waals surface area contributed by atoms with Gasteiger partial charge in [0.1, 0.15) is 0 Å². The van der Waals surface area contributed by atoms with Crippen LogP contribution in [0, 0.1) is 5.92 Å². The van der Waals surface area contributed by atoms with Gasteiger partial charge in [0.2, 0.25) is 0 Å². The van der Waals surface area contributed by atoms with Gasteiger partial charge in [0, 0.05) is 17.6 Å². The maximum atomic E-state index is 4.29. The number of nitrogens with zero attached hydrogens (tertiary/aromatic N) is 3. The average Bonchev–Trinajstić information content (AvgIpc) is 2.67. The van der Waals surface area contributed by atoms with E-state index in [4.69, 9.17) is 0 Å². The van der Waals surface area contributed by atoms with Gasteiger partial charge in [0.15, 0.2) is 0 Å². The van der Waals surface area contributed by atoms with Crippen molar-refractivity contribution in [1.29, 1.82) is 0 Å². The predicted molar refractivity (Wildman–Crippen MR) is 68.9 cm³/mol. The highest BCUT2D eigenvalue weighted by Crippen LogP contribution is 2.19. The molecule has 1 aliphatic rings. The Bertz CT molecular complexity index is 316. The number of hydrogen-bond acceptors (Lipinski definition) is 3. The molecule has 0 saturated carbocycles. The Labute approximate surface area is 103 Å². The van der Waals surface area contributed by atoms with E-state index in [0.717, 1.165) is 17.4 Å². The lowest BCUT2D eigenvalue weighted by Gasteiger charge is -2.31. The third-order valence-corrected chi connectivity index (χ3v) is 3.54. The zero-order valence-electron chi connectivity index (χ0n) is 9.97. The molecule has 0 amide bonds. The highest BCUT2D eigenvalue weighted by atomic mass is 32.1. The third kappa shape index (κ3) is 3.25. The first-order chi connectivity index (χ1) is 7.78. The van der Waals surface area contributed by atoms with Gasteiger partial charge in [-0.15, -0.1) is 12.6 Å². The Kier molecular flexibility index (Phi) is 4.29. The summed E-state index contributed by atoms with van der Waals surface area (Å²) in [6, 6.07) is 0. The fourth-order valence-corrected chi connectivity index (χ4v) is 2.61. The van der Waals surface area contributed by atoms with Crippen LogP contribution in [0.1, 0.15) is 26.2 Å². The molecule has 1 fully saturated rings. The van der Waals surface area contributed by atoms with Crippen molar-refractivity contribution in [1.82, 2.24) is 14.7 Å². The summed E-state index contributed by atoms with van der Waals surface area (Å²) in [5.74, 6) is 0.792. The number of likely N-dealkylation sites (tertiary alicyclic amines) is 1. The van der Waals surface area contributed by atoms with E-state index in [-0.39, 0.29) is 0 Å². The van der Waals surface area contributed by atoms with Gasteiger partial charge < -0.3 is 4.90 Å². The zero-order valence-corrected chi connectivity index (χ0v) is 10.9. The molecule has 4 heteroatoms. The van der Waals surface area contributed by atoms with E-state index in [9.17, 15) is 0 Å². The molecule has 0 N–H and O–H groups in total. The lowest BCUT2D eigenvalue weighted by molar-refractivity contribution is 0.171. The molecule has 1 aliphatic heterocycles. The van der Waals surface area contributed by atoms with Crippen LogP contribution in [0.15, 0.2) is 17.3 Å². The molecule has 90 valence electrons. The second kappa shape index (κ2) is 5.73. The molecule has 16 heavy (non-hydrogen) atoms. The van der Waals surface area contributed by atoms with Crippen LogP contribution in [0.2, 0.25) is 0 Å². The Balaban J connectivity index is 1.77. The van der Waals surface area contributed by atoms with Crippen molar-refractivity contribution in [3.63, 3.8) is 0 Å². The summed E-state index contributed by atoms with van der Waals surface area (Å²) >= 11 is 4.27. The summed E-state index contributed by atoms with van der Waals surface area (Å²) in [6.45, 7) is 7.08. The van der Waals surface area contributed by atoms with Crippen molar-refractivity contribution < 1.29 is 0 Å². The maximum absolute atomic E-state index is 4.29. The van der Waals surface area contributed by atoms with Crippen molar-refractivity contribution in [3.8, 4) is 0 Å². The smallest absolute Gasteiger partial charge is 0.0623 e. The molecule has 0 bridgehead atoms. The van der Waals surface area contributed by atoms with Crippen molar-refractivity contribution in [3.05, 3.63) is 12.4 Å². The molecule has 1 aromatic rings. The first kappa shape index (κ1) is 12.0. The Morgan fingerprint density at radius 2 is 2.19 bits per heavy atom. The number of hydrogen-bond donors (Lipinski definition) is 1. The van der Waals surface area contributed by atoms with Crippen LogP contribution in [0.25, 0.3) is 0 Å². The van der Waals surface area contributed by atoms with Crippen LogP contribution in [-0.2, 0) is 6.54 Å². The van der Waals surface area contributed by atoms with Crippen LogP contribution < -0.4 is 0 Å². The fraction of sp³-hybridized carbons (Fsp3) is 0.750. The molecule has 0 aromatic carbocycles. The van der Waals surface area contributed by atoms with E-state index < -0.39 is 0 Å². The third-order valence-electron chi connectivity index (χ3n) is 3.31. The number of piperidine rings is 1. The topological polar surface area (TPSA) is 21.1 Å². The molecule has 0 unspecified atom stereocenters. The highest BCUT2D eigenvalue weighted by Gasteiger charge is 2.18. The summed E-state index contributed by atoms with van der Waals surface area (Å²) in [5.41, 5.74) is 0. The summed E-state index contributed by atoms with van der Waals surface area (Å²) in [5, 5.41) is 4.29. The summed E-state index contributed by atoms with van der Waals surface area (Å²) < 4.78 is 2.03. The fourth-order valence-electron chi connectivity index (χ4n) is 2.43. The van der Waals surface area contributed by atoms with E-state index in [1.54, 1.807) is 0 Å². The van der Waals surface area contributed by atoms with Crippen molar-refractivity contribution in [2.24, 2.45) is 5.92 Å². The molecule has 1 aromatic heterocycles. The van der Waals surface area contributed by atoms with Gasteiger partial charge in [-0.3, -0.25) is 4.68 Å². The van der Waals surface area contributed by atoms with Gasteiger partial charge in [0.05, 0.1) is 6.20 Å². The number of thiol groups is 1. The highest BCUT2D eigenvalue weighted by molar-refractivity contribution is 7.80. The maximum Gasteiger partial charge on any atom is 0.0623 e. The molecule has 2 rings (SSSR count). The first-order valence-corrected chi connectivity index (χ1v) is 6.66. The summed E-state index contributed by atoms with van der Waals surface area (Å²) in [7, 11) is 0. The molecule has 0 aliphatic carbocycles. The van der Waals surface area contributed by atoms with Crippen LogP contribution in [0.5, 0.6) is 0 Å². The van der Waals surface area contributed by atoms with Gasteiger partial charge in [-0.1, -0.05) is 6.92 Å². The summed E-state index contributed by atoms with van der Waals surface area (Å²) in [4.78, 5) is 3.53. The quantitative estimate of drug-likeness (QED) is 0.814. The monoisotopic (exact) mass is 239 g/mol. The lowest BCUT2D eigenvalue weighted by atomic mass is 9.97. The van der Waals surface area contributed by atoms with Gasteiger partial charge in [-0.2, -0.15) is 5.10 Å². The molecule has 0 radical (unpaired) electrons.